The van der Waals surface area contributed by atoms with E-state index in [1.54, 1.807) is 63.1 Å². The topological polar surface area (TPSA) is 105 Å². The lowest BCUT2D eigenvalue weighted by Gasteiger charge is -2.25. The molecule has 0 radical (unpaired) electrons. The van der Waals surface area contributed by atoms with Gasteiger partial charge in [0.1, 0.15) is 0 Å². The number of ether oxygens (including phenoxy) is 4. The van der Waals surface area contributed by atoms with Gasteiger partial charge < -0.3 is 18.9 Å². The molecule has 0 aliphatic carbocycles. The Morgan fingerprint density at radius 1 is 0.525 bits per heavy atom. The van der Waals surface area contributed by atoms with Crippen LogP contribution in [0.4, 0.5) is 0 Å². The fourth-order valence-electron chi connectivity index (χ4n) is 3.86. The minimum Gasteiger partial charge on any atom is -0.465 e. The molecular weight excluding hydrogens is 552 g/mol. The molecule has 40 heavy (non-hydrogen) atoms. The molecule has 0 amide bonds. The maximum atomic E-state index is 12.6. The molecule has 0 aromatic heterocycles. The van der Waals surface area contributed by atoms with E-state index in [0.29, 0.717) is 0 Å². The summed E-state index contributed by atoms with van der Waals surface area (Å²) in [5, 5.41) is 0. The van der Waals surface area contributed by atoms with Crippen LogP contribution in [0.1, 0.15) is 52.7 Å². The number of benzene rings is 2. The van der Waals surface area contributed by atoms with Crippen LogP contribution >= 0.6 is 21.6 Å². The molecule has 0 bridgehead atoms. The first-order valence-corrected chi connectivity index (χ1v) is 15.4. The second-order valence-electron chi connectivity index (χ2n) is 9.35. The van der Waals surface area contributed by atoms with Crippen LogP contribution in [0.15, 0.2) is 58.3 Å². The van der Waals surface area contributed by atoms with Crippen molar-refractivity contribution < 1.29 is 38.1 Å². The van der Waals surface area contributed by atoms with E-state index in [1.165, 1.54) is 0 Å². The lowest BCUT2D eigenvalue weighted by molar-refractivity contribution is -0.172. The first-order chi connectivity index (χ1) is 19.0. The van der Waals surface area contributed by atoms with Gasteiger partial charge in [0.2, 0.25) is 0 Å². The molecule has 0 aliphatic rings. The largest absolute Gasteiger partial charge is 0.465 e. The summed E-state index contributed by atoms with van der Waals surface area (Å²) in [6, 6.07) is 15.3. The second-order valence-corrected chi connectivity index (χ2v) is 11.6. The van der Waals surface area contributed by atoms with Crippen molar-refractivity contribution in [3.63, 3.8) is 0 Å². The molecular formula is C30H38O8S2. The zero-order valence-electron chi connectivity index (χ0n) is 23.9. The first kappa shape index (κ1) is 33.2. The third-order valence-corrected chi connectivity index (χ3v) is 8.52. The summed E-state index contributed by atoms with van der Waals surface area (Å²) >= 11 is 0. The van der Waals surface area contributed by atoms with Crippen LogP contribution in [0, 0.1) is 10.8 Å². The number of esters is 4. The van der Waals surface area contributed by atoms with E-state index in [9.17, 15) is 19.2 Å². The summed E-state index contributed by atoms with van der Waals surface area (Å²) in [5.74, 6) is -2.40. The molecule has 0 aliphatic heterocycles. The SMILES string of the molecule is CCOC(=O)C(C)(Cc1ccc(SSc2ccc(CC(C)(C(=O)OCC)C(=O)OCC)cc2)cc1)C(=O)OCC. The van der Waals surface area contributed by atoms with Crippen LogP contribution in [0.25, 0.3) is 0 Å². The van der Waals surface area contributed by atoms with Crippen LogP contribution in [0.3, 0.4) is 0 Å². The fraction of sp³-hybridized carbons (Fsp3) is 0.467. The summed E-state index contributed by atoms with van der Waals surface area (Å²) < 4.78 is 20.6. The highest BCUT2D eigenvalue weighted by Gasteiger charge is 2.45. The molecule has 0 saturated heterocycles. The smallest absolute Gasteiger partial charge is 0.323 e. The summed E-state index contributed by atoms with van der Waals surface area (Å²) in [5.41, 5.74) is -1.22. The molecule has 2 aromatic carbocycles. The molecule has 0 unspecified atom stereocenters. The van der Waals surface area contributed by atoms with Crippen LogP contribution < -0.4 is 0 Å². The Balaban J connectivity index is 2.05. The maximum absolute atomic E-state index is 12.6. The molecule has 0 saturated carbocycles. The predicted molar refractivity (Wildman–Crippen MR) is 155 cm³/mol. The number of carbonyl (C=O) groups is 4. The standard InChI is InChI=1S/C30H38O8S2/c1-7-35-25(31)29(5,26(32)36-8-2)19-21-11-15-23(16-12-21)39-40-24-17-13-22(14-18-24)20-30(6,27(33)37-9-3)28(34)38-10-4/h11-18H,7-10,19-20H2,1-6H3. The zero-order chi connectivity index (χ0) is 29.8. The minimum atomic E-state index is -1.42. The van der Waals surface area contributed by atoms with Gasteiger partial charge in [-0.3, -0.25) is 19.2 Å². The summed E-state index contributed by atoms with van der Waals surface area (Å²) in [4.78, 5) is 52.2. The van der Waals surface area contributed by atoms with Gasteiger partial charge in [-0.25, -0.2) is 0 Å². The van der Waals surface area contributed by atoms with E-state index >= 15 is 0 Å². The molecule has 0 heterocycles. The quantitative estimate of drug-likeness (QED) is 0.109. The van der Waals surface area contributed by atoms with Gasteiger partial charge in [0.05, 0.1) is 26.4 Å². The molecule has 2 rings (SSSR count). The van der Waals surface area contributed by atoms with Crippen molar-refractivity contribution in [1.82, 2.24) is 0 Å². The van der Waals surface area contributed by atoms with E-state index < -0.39 is 34.7 Å². The maximum Gasteiger partial charge on any atom is 0.323 e. The second kappa shape index (κ2) is 15.7. The minimum absolute atomic E-state index is 0.167. The highest BCUT2D eigenvalue weighted by atomic mass is 33.1. The summed E-state index contributed by atoms with van der Waals surface area (Å²) in [6.07, 6.45) is 0.335. The van der Waals surface area contributed by atoms with Crippen LogP contribution in [0.5, 0.6) is 0 Å². The van der Waals surface area contributed by atoms with Crippen molar-refractivity contribution in [2.45, 2.75) is 64.2 Å². The Hall–Kier alpha value is -2.98. The predicted octanol–water partition coefficient (Wildman–Crippen LogP) is 5.84. The van der Waals surface area contributed by atoms with Crippen molar-refractivity contribution in [3.8, 4) is 0 Å². The number of hydrogen-bond donors (Lipinski definition) is 0. The Kier molecular flexibility index (Phi) is 13.1. The third-order valence-electron chi connectivity index (χ3n) is 6.10. The van der Waals surface area contributed by atoms with Crippen molar-refractivity contribution in [2.24, 2.45) is 10.8 Å². The highest BCUT2D eigenvalue weighted by Crippen LogP contribution is 2.38. The summed E-state index contributed by atoms with van der Waals surface area (Å²) in [7, 11) is 3.11. The lowest BCUT2D eigenvalue weighted by Crippen LogP contribution is -2.41. The average molecular weight is 591 g/mol. The van der Waals surface area contributed by atoms with Crippen molar-refractivity contribution >= 4 is 45.5 Å². The monoisotopic (exact) mass is 590 g/mol. The molecule has 218 valence electrons. The Bertz CT molecular complexity index is 1020. The van der Waals surface area contributed by atoms with Gasteiger partial charge in [-0.1, -0.05) is 45.9 Å². The zero-order valence-corrected chi connectivity index (χ0v) is 25.6. The highest BCUT2D eigenvalue weighted by molar-refractivity contribution is 8.76. The van der Waals surface area contributed by atoms with Crippen LogP contribution in [0.2, 0.25) is 0 Å². The van der Waals surface area contributed by atoms with Gasteiger partial charge in [0.15, 0.2) is 10.8 Å². The van der Waals surface area contributed by atoms with E-state index in [1.807, 2.05) is 48.5 Å². The summed E-state index contributed by atoms with van der Waals surface area (Å²) in [6.45, 7) is 10.6. The molecule has 2 aromatic rings. The normalized spacial score (nSPS) is 11.4. The van der Waals surface area contributed by atoms with Crippen molar-refractivity contribution in [2.75, 3.05) is 26.4 Å². The van der Waals surface area contributed by atoms with E-state index in [2.05, 4.69) is 0 Å². The molecule has 0 atom stereocenters. The van der Waals surface area contributed by atoms with Gasteiger partial charge in [-0.05, 0) is 89.8 Å². The van der Waals surface area contributed by atoms with E-state index in [4.69, 9.17) is 18.9 Å². The Morgan fingerprint density at radius 3 is 1.00 bits per heavy atom. The van der Waals surface area contributed by atoms with Crippen molar-refractivity contribution in [1.29, 1.82) is 0 Å². The van der Waals surface area contributed by atoms with Gasteiger partial charge in [-0.2, -0.15) is 0 Å². The molecule has 8 nitrogen and oxygen atoms in total. The van der Waals surface area contributed by atoms with Gasteiger partial charge in [0.25, 0.3) is 0 Å². The Morgan fingerprint density at radius 2 is 0.775 bits per heavy atom. The van der Waals surface area contributed by atoms with E-state index in [-0.39, 0.29) is 39.3 Å². The number of hydrogen-bond acceptors (Lipinski definition) is 10. The third kappa shape index (κ3) is 8.76. The fourth-order valence-corrected chi connectivity index (χ4v) is 5.79. The number of carbonyl (C=O) groups excluding carboxylic acids is 4. The average Bonchev–Trinajstić information content (AvgIpc) is 2.93. The molecule has 10 heteroatoms. The van der Waals surface area contributed by atoms with Crippen molar-refractivity contribution in [3.05, 3.63) is 59.7 Å². The van der Waals surface area contributed by atoms with Gasteiger partial charge in [-0.15, -0.1) is 0 Å². The molecule has 0 N–H and O–H groups in total. The van der Waals surface area contributed by atoms with Crippen LogP contribution in [-0.2, 0) is 51.0 Å². The first-order valence-electron chi connectivity index (χ1n) is 13.2. The Labute approximate surface area is 244 Å². The molecule has 0 spiro atoms. The van der Waals surface area contributed by atoms with Gasteiger partial charge in [0, 0.05) is 9.79 Å². The number of rotatable bonds is 15. The van der Waals surface area contributed by atoms with Crippen LogP contribution in [-0.4, -0.2) is 50.3 Å². The lowest BCUT2D eigenvalue weighted by atomic mass is 9.83. The van der Waals surface area contributed by atoms with E-state index in [0.717, 1.165) is 20.9 Å². The molecule has 0 fully saturated rings. The van der Waals surface area contributed by atoms with Gasteiger partial charge >= 0.3 is 23.9 Å².